The lowest BCUT2D eigenvalue weighted by Crippen LogP contribution is -2.53. The minimum atomic E-state index is -1.05. The fourth-order valence-corrected chi connectivity index (χ4v) is 1.12. The summed E-state index contributed by atoms with van der Waals surface area (Å²) in [6.07, 6.45) is -1.78. The summed E-state index contributed by atoms with van der Waals surface area (Å²) in [5.74, 6) is 0. The van der Waals surface area contributed by atoms with Crippen molar-refractivity contribution >= 4 is 12.2 Å². The van der Waals surface area contributed by atoms with Crippen LogP contribution < -0.4 is 0 Å². The Morgan fingerprint density at radius 2 is 2.20 bits per heavy atom. The Morgan fingerprint density at radius 3 is 2.73 bits per heavy atom. The lowest BCUT2D eigenvalue weighted by Gasteiger charge is -2.34. The molecule has 86 valence electrons. The minimum Gasteiger partial charge on any atom is -0.438 e. The van der Waals surface area contributed by atoms with Crippen LogP contribution in [0.2, 0.25) is 0 Å². The van der Waals surface area contributed by atoms with Crippen LogP contribution in [0.3, 0.4) is 0 Å². The Kier molecular flexibility index (Phi) is 3.69. The lowest BCUT2D eigenvalue weighted by molar-refractivity contribution is -0.224. The number of ether oxygens (including phenoxy) is 2. The molecule has 0 aromatic carbocycles. The number of methoxy groups -OCH3 is 1. The first kappa shape index (κ1) is 11.5. The molecular formula is C7H12N2O6. The van der Waals surface area contributed by atoms with Crippen LogP contribution in [-0.2, 0) is 14.3 Å². The summed E-state index contributed by atoms with van der Waals surface area (Å²) in [5, 5.41) is 10.5. The Hall–Kier alpha value is -1.54. The number of carbonyl (C=O) groups is 2. The van der Waals surface area contributed by atoms with E-state index in [1.54, 1.807) is 0 Å². The number of hydrogen-bond donors (Lipinski definition) is 1. The van der Waals surface area contributed by atoms with E-state index in [1.807, 2.05) is 0 Å². The SMILES string of the molecule is COC(=O)OC1CCN(OC)C(=O)N1O. The van der Waals surface area contributed by atoms with Crippen molar-refractivity contribution < 1.29 is 29.1 Å². The van der Waals surface area contributed by atoms with E-state index in [0.717, 1.165) is 12.2 Å². The van der Waals surface area contributed by atoms with Crippen molar-refractivity contribution in [3.05, 3.63) is 0 Å². The van der Waals surface area contributed by atoms with E-state index in [0.29, 0.717) is 0 Å². The molecule has 0 aromatic rings. The highest BCUT2D eigenvalue weighted by Gasteiger charge is 2.35. The molecule has 8 heteroatoms. The molecule has 0 spiro atoms. The number of hydroxylamine groups is 4. The highest BCUT2D eigenvalue weighted by atomic mass is 16.8. The molecule has 1 aliphatic rings. The third kappa shape index (κ3) is 2.48. The molecule has 1 fully saturated rings. The lowest BCUT2D eigenvalue weighted by atomic mass is 10.3. The Morgan fingerprint density at radius 1 is 1.53 bits per heavy atom. The minimum absolute atomic E-state index is 0.216. The van der Waals surface area contributed by atoms with Crippen LogP contribution in [0.5, 0.6) is 0 Å². The van der Waals surface area contributed by atoms with Crippen LogP contribution >= 0.6 is 0 Å². The molecule has 1 heterocycles. The van der Waals surface area contributed by atoms with Gasteiger partial charge in [0, 0.05) is 6.42 Å². The fraction of sp³-hybridized carbons (Fsp3) is 0.714. The number of hydrogen-bond acceptors (Lipinski definition) is 6. The normalized spacial score (nSPS) is 21.5. The molecule has 15 heavy (non-hydrogen) atoms. The van der Waals surface area contributed by atoms with Crippen molar-refractivity contribution in [2.24, 2.45) is 0 Å². The zero-order valence-corrected chi connectivity index (χ0v) is 8.37. The summed E-state index contributed by atoms with van der Waals surface area (Å²) in [6.45, 7) is 0.216. The predicted molar refractivity (Wildman–Crippen MR) is 44.6 cm³/mol. The first-order valence-electron chi connectivity index (χ1n) is 4.18. The molecule has 1 aliphatic heterocycles. The number of nitrogens with zero attached hydrogens (tertiary/aromatic N) is 2. The van der Waals surface area contributed by atoms with E-state index < -0.39 is 18.4 Å². The fourth-order valence-electron chi connectivity index (χ4n) is 1.12. The molecule has 1 saturated heterocycles. The van der Waals surface area contributed by atoms with Gasteiger partial charge in [0.25, 0.3) is 0 Å². The van der Waals surface area contributed by atoms with Gasteiger partial charge >= 0.3 is 12.2 Å². The second-order valence-electron chi connectivity index (χ2n) is 2.73. The van der Waals surface area contributed by atoms with Crippen molar-refractivity contribution in [2.75, 3.05) is 20.8 Å². The largest absolute Gasteiger partial charge is 0.510 e. The van der Waals surface area contributed by atoms with Gasteiger partial charge in [-0.05, 0) is 0 Å². The van der Waals surface area contributed by atoms with Crippen LogP contribution in [-0.4, -0.2) is 54.5 Å². The molecule has 0 aliphatic carbocycles. The maximum absolute atomic E-state index is 11.3. The maximum atomic E-state index is 11.3. The van der Waals surface area contributed by atoms with Gasteiger partial charge in [0.05, 0.1) is 20.8 Å². The molecule has 2 amide bonds. The number of carbonyl (C=O) groups excluding carboxylic acids is 2. The van der Waals surface area contributed by atoms with Gasteiger partial charge in [0.15, 0.2) is 0 Å². The second kappa shape index (κ2) is 4.80. The molecule has 8 nitrogen and oxygen atoms in total. The molecular weight excluding hydrogens is 208 g/mol. The summed E-state index contributed by atoms with van der Waals surface area (Å²) in [5.41, 5.74) is 0. The van der Waals surface area contributed by atoms with E-state index in [1.165, 1.54) is 7.11 Å². The molecule has 1 N–H and O–H groups in total. The third-order valence-corrected chi connectivity index (χ3v) is 1.88. The van der Waals surface area contributed by atoms with Crippen LogP contribution in [0.15, 0.2) is 0 Å². The predicted octanol–water partition coefficient (Wildman–Crippen LogP) is 0.174. The zero-order valence-electron chi connectivity index (χ0n) is 8.37. The van der Waals surface area contributed by atoms with E-state index in [4.69, 9.17) is 0 Å². The number of rotatable bonds is 2. The average molecular weight is 220 g/mol. The van der Waals surface area contributed by atoms with Crippen LogP contribution in [0.1, 0.15) is 6.42 Å². The topological polar surface area (TPSA) is 88.5 Å². The molecule has 0 radical (unpaired) electrons. The number of urea groups is 1. The summed E-state index contributed by atoms with van der Waals surface area (Å²) in [6, 6.07) is -0.794. The smallest absolute Gasteiger partial charge is 0.438 e. The second-order valence-corrected chi connectivity index (χ2v) is 2.73. The van der Waals surface area contributed by atoms with Gasteiger partial charge in [-0.1, -0.05) is 0 Å². The van der Waals surface area contributed by atoms with Gasteiger partial charge in [-0.3, -0.25) is 10.0 Å². The van der Waals surface area contributed by atoms with Crippen molar-refractivity contribution in [1.82, 2.24) is 10.1 Å². The van der Waals surface area contributed by atoms with Gasteiger partial charge in [-0.15, -0.1) is 0 Å². The Labute approximate surface area is 85.8 Å². The highest BCUT2D eigenvalue weighted by Crippen LogP contribution is 2.15. The van der Waals surface area contributed by atoms with Crippen molar-refractivity contribution in [3.8, 4) is 0 Å². The summed E-state index contributed by atoms with van der Waals surface area (Å²) < 4.78 is 8.86. The van der Waals surface area contributed by atoms with Gasteiger partial charge in [-0.25, -0.2) is 14.7 Å². The molecule has 0 aromatic heterocycles. The van der Waals surface area contributed by atoms with E-state index >= 15 is 0 Å². The van der Waals surface area contributed by atoms with Crippen LogP contribution in [0.25, 0.3) is 0 Å². The summed E-state index contributed by atoms with van der Waals surface area (Å²) in [4.78, 5) is 26.7. The quantitative estimate of drug-likeness (QED) is 0.527. The highest BCUT2D eigenvalue weighted by molar-refractivity contribution is 5.73. The molecule has 1 atom stereocenters. The third-order valence-electron chi connectivity index (χ3n) is 1.88. The van der Waals surface area contributed by atoms with Crippen molar-refractivity contribution in [2.45, 2.75) is 12.6 Å². The van der Waals surface area contributed by atoms with E-state index in [-0.39, 0.29) is 18.0 Å². The average Bonchev–Trinajstić information content (AvgIpc) is 2.25. The standard InChI is InChI=1S/C7H12N2O6/c1-13-7(11)15-5-3-4-8(14-2)6(10)9(5)12/h5,12H,3-4H2,1-2H3. The molecule has 1 unspecified atom stereocenters. The van der Waals surface area contributed by atoms with Crippen molar-refractivity contribution in [1.29, 1.82) is 0 Å². The van der Waals surface area contributed by atoms with Gasteiger partial charge in [0.1, 0.15) is 0 Å². The van der Waals surface area contributed by atoms with Gasteiger partial charge in [-0.2, -0.15) is 5.06 Å². The number of amides is 2. The van der Waals surface area contributed by atoms with Crippen LogP contribution in [0.4, 0.5) is 9.59 Å². The summed E-state index contributed by atoms with van der Waals surface area (Å²) >= 11 is 0. The van der Waals surface area contributed by atoms with Gasteiger partial charge < -0.3 is 9.47 Å². The van der Waals surface area contributed by atoms with Crippen molar-refractivity contribution in [3.63, 3.8) is 0 Å². The molecule has 1 rings (SSSR count). The van der Waals surface area contributed by atoms with E-state index in [2.05, 4.69) is 14.3 Å². The first-order valence-corrected chi connectivity index (χ1v) is 4.18. The molecule has 0 bridgehead atoms. The monoisotopic (exact) mass is 220 g/mol. The summed E-state index contributed by atoms with van der Waals surface area (Å²) in [7, 11) is 2.43. The Bertz CT molecular complexity index is 258. The van der Waals surface area contributed by atoms with Crippen LogP contribution in [0, 0.1) is 0 Å². The van der Waals surface area contributed by atoms with E-state index in [9.17, 15) is 14.8 Å². The zero-order chi connectivity index (χ0) is 11.4. The molecule has 0 saturated carbocycles. The Balaban J connectivity index is 2.56. The first-order chi connectivity index (χ1) is 7.10. The van der Waals surface area contributed by atoms with Gasteiger partial charge in [0.2, 0.25) is 6.23 Å². The maximum Gasteiger partial charge on any atom is 0.510 e.